The number of aromatic hydroxyl groups is 6. The molecule has 594 valence electrons. The Balaban J connectivity index is 1.30. The Bertz CT molecular complexity index is 4350. The predicted octanol–water partition coefficient (Wildman–Crippen LogP) is 21.2. The van der Waals surface area contributed by atoms with Gasteiger partial charge in [0.2, 0.25) is 0 Å². The zero-order valence-electron chi connectivity index (χ0n) is 71.1. The average Bonchev–Trinajstić information content (AvgIpc) is 0.772. The van der Waals surface area contributed by atoms with E-state index in [4.69, 9.17) is 28.4 Å². The molecule has 110 heavy (non-hydrogen) atoms. The summed E-state index contributed by atoms with van der Waals surface area (Å²) >= 11 is 0. The average molecular weight is 1500 g/mol. The number of hydrogen-bond donors (Lipinski definition) is 6. The second kappa shape index (κ2) is 32.6. The van der Waals surface area contributed by atoms with E-state index >= 15 is 0 Å². The van der Waals surface area contributed by atoms with E-state index < -0.39 is 0 Å². The van der Waals surface area contributed by atoms with E-state index in [1.165, 1.54) is 0 Å². The van der Waals surface area contributed by atoms with Gasteiger partial charge < -0.3 is 59.1 Å². The van der Waals surface area contributed by atoms with Gasteiger partial charge in [-0.1, -0.05) is 263 Å². The van der Waals surface area contributed by atoms with Gasteiger partial charge in [0.1, 0.15) is 59.2 Å². The molecule has 18 bridgehead atoms. The molecule has 0 saturated heterocycles. The summed E-state index contributed by atoms with van der Waals surface area (Å²) in [4.78, 5) is 0. The van der Waals surface area contributed by atoms with Gasteiger partial charge in [-0.2, -0.15) is 0 Å². The Morgan fingerprint density at radius 1 is 0.173 bits per heavy atom. The van der Waals surface area contributed by atoms with E-state index in [-0.39, 0.29) is 156 Å². The van der Waals surface area contributed by atoms with E-state index in [9.17, 15) is 30.6 Å². The number of benzene rings is 8. The minimum Gasteiger partial charge on any atom is -0.507 e. The van der Waals surface area contributed by atoms with Crippen molar-refractivity contribution in [3.8, 4) is 46.0 Å². The van der Waals surface area contributed by atoms with Gasteiger partial charge in [0.05, 0.1) is 52.9 Å². The third-order valence-electron chi connectivity index (χ3n) is 22.1. The molecule has 12 nitrogen and oxygen atoms in total. The summed E-state index contributed by atoms with van der Waals surface area (Å²) in [5, 5.41) is 79.0. The fourth-order valence-corrected chi connectivity index (χ4v) is 14.9. The van der Waals surface area contributed by atoms with Crippen LogP contribution in [0.2, 0.25) is 0 Å². The van der Waals surface area contributed by atoms with Crippen molar-refractivity contribution in [3.05, 3.63) is 231 Å². The van der Waals surface area contributed by atoms with E-state index in [1.54, 1.807) is 0 Å². The third-order valence-corrected chi connectivity index (χ3v) is 22.1. The molecule has 0 spiro atoms. The molecule has 0 unspecified atom stereocenters. The number of fused-ring (bicyclic) bond motifs is 8. The predicted molar refractivity (Wildman–Crippen MR) is 448 cm³/mol. The lowest BCUT2D eigenvalue weighted by atomic mass is 9.79. The molecular formula is C98H130O12. The fourth-order valence-electron chi connectivity index (χ4n) is 14.9. The van der Waals surface area contributed by atoms with Crippen molar-refractivity contribution < 1.29 is 59.1 Å². The molecule has 2 aliphatic rings. The first-order valence-electron chi connectivity index (χ1n) is 40.0. The van der Waals surface area contributed by atoms with Crippen LogP contribution in [0.25, 0.3) is 0 Å². The smallest absolute Gasteiger partial charge is 0.126 e. The topological polar surface area (TPSA) is 177 Å². The Morgan fingerprint density at radius 3 is 0.409 bits per heavy atom. The highest BCUT2D eigenvalue weighted by Gasteiger charge is 2.32. The highest BCUT2D eigenvalue weighted by Crippen LogP contribution is 2.47. The number of phenols is 6. The molecule has 1 aliphatic carbocycles. The Labute approximate surface area is 659 Å². The summed E-state index contributed by atoms with van der Waals surface area (Å²) in [7, 11) is 0. The first kappa shape index (κ1) is 84.4. The summed E-state index contributed by atoms with van der Waals surface area (Å²) in [6, 6.07) is 34.0. The highest BCUT2D eigenvalue weighted by atomic mass is 16.6. The van der Waals surface area contributed by atoms with E-state index in [0.717, 1.165) is 66.8 Å². The van der Waals surface area contributed by atoms with Gasteiger partial charge in [-0.05, 0) is 177 Å². The number of rotatable bonds is 0. The van der Waals surface area contributed by atoms with Crippen LogP contribution in [0, 0.1) is 0 Å². The normalized spacial score (nSPS) is 15.7. The Hall–Kier alpha value is -8.00. The molecule has 0 amide bonds. The quantitative estimate of drug-likeness (QED) is 0.0848. The van der Waals surface area contributed by atoms with Crippen molar-refractivity contribution in [2.75, 3.05) is 66.1 Å². The van der Waals surface area contributed by atoms with Crippen LogP contribution in [0.5, 0.6) is 46.0 Å². The van der Waals surface area contributed by atoms with Crippen LogP contribution in [0.1, 0.15) is 300 Å². The van der Waals surface area contributed by atoms with E-state index in [0.29, 0.717) is 118 Å². The maximum absolute atomic E-state index is 13.3. The van der Waals surface area contributed by atoms with Gasteiger partial charge in [-0.3, -0.25) is 0 Å². The molecule has 12 heteroatoms. The number of phenolic OH excluding ortho intramolecular Hbond substituents is 6. The maximum atomic E-state index is 13.3. The van der Waals surface area contributed by atoms with E-state index in [1.807, 2.05) is 0 Å². The van der Waals surface area contributed by atoms with Gasteiger partial charge >= 0.3 is 0 Å². The van der Waals surface area contributed by atoms with Crippen molar-refractivity contribution in [1.29, 1.82) is 0 Å². The van der Waals surface area contributed by atoms with Gasteiger partial charge in [0.15, 0.2) is 0 Å². The van der Waals surface area contributed by atoms with Gasteiger partial charge in [-0.25, -0.2) is 0 Å². The van der Waals surface area contributed by atoms with Crippen LogP contribution < -0.4 is 9.47 Å². The lowest BCUT2D eigenvalue weighted by molar-refractivity contribution is -0.00706. The summed E-state index contributed by atoms with van der Waals surface area (Å²) in [5.41, 5.74) is 16.5. The minimum atomic E-state index is -0.375. The summed E-state index contributed by atoms with van der Waals surface area (Å²) in [6.45, 7) is 55.4. The number of hydrogen-bond acceptors (Lipinski definition) is 12. The molecule has 0 saturated carbocycles. The standard InChI is InChI=1S/C98H130O12/c1-91(2,3)75-43-59-35-60-44-76(92(4,5)6)46-62(84(60)100)37-64-48-78(94(10,11)12)52-68(86(64)102)40-72-56-82(98(22,23)24)58-74-42-70-54-80(96(16,17)18)50-66(88(70)104)38-65-49-79(95(13,14)15)53-69(87(65)103)41-73-57-81(97(19,20)21)55-71(39-67-51-77(93(7,8)9)47-63(85(67)101)36-61(45-75)83(59)99)89(73)109-33-31-107-29-27-105-25-26-106-28-30-108-32-34-110-90(72)74/h43-58,99-104H,25-42H2,1-24H3. The van der Waals surface area contributed by atoms with Crippen LogP contribution in [-0.2, 0) is 114 Å². The molecule has 1 aliphatic heterocycles. The van der Waals surface area contributed by atoms with Crippen LogP contribution in [-0.4, -0.2) is 96.7 Å². The first-order chi connectivity index (χ1) is 51.0. The molecule has 0 radical (unpaired) electrons. The molecule has 0 atom stereocenters. The zero-order chi connectivity index (χ0) is 80.8. The van der Waals surface area contributed by atoms with Crippen molar-refractivity contribution in [2.45, 2.75) is 261 Å². The SMILES string of the molecule is CC(C)(C)c1cc2c(O)c(c1)Cc1cc(C(C)(C)C)cc(c1O)Cc1cc(C(C)(C)C)cc3c1OCCOCCOCCOCCOCCOc1c(cc(C(C)(C)C)cc1Cc1cc(C(C)(C)C)cc(c1O)Cc1cc(C(C)(C)C)cc(c1O)C3)Cc1cc(C(C)(C)C)cc(c1O)Cc1cc(C(C)(C)C)cc(c1O)C2. The zero-order valence-corrected chi connectivity index (χ0v) is 71.1. The maximum Gasteiger partial charge on any atom is 0.126 e. The van der Waals surface area contributed by atoms with Gasteiger partial charge in [0, 0.05) is 51.4 Å². The summed E-state index contributed by atoms with van der Waals surface area (Å²) in [6.07, 6.45) is 1.85. The van der Waals surface area contributed by atoms with Crippen molar-refractivity contribution in [3.63, 3.8) is 0 Å². The lowest BCUT2D eigenvalue weighted by Gasteiger charge is -2.27. The largest absolute Gasteiger partial charge is 0.507 e. The monoisotopic (exact) mass is 1500 g/mol. The lowest BCUT2D eigenvalue weighted by Crippen LogP contribution is -2.17. The third kappa shape index (κ3) is 20.4. The van der Waals surface area contributed by atoms with Gasteiger partial charge in [0.25, 0.3) is 0 Å². The number of ether oxygens (including phenoxy) is 6. The Kier molecular flexibility index (Phi) is 25.0. The summed E-state index contributed by atoms with van der Waals surface area (Å²) < 4.78 is 38.7. The molecule has 8 aromatic carbocycles. The Morgan fingerprint density at radius 2 is 0.282 bits per heavy atom. The molecule has 8 aromatic rings. The van der Waals surface area contributed by atoms with Crippen LogP contribution >= 0.6 is 0 Å². The van der Waals surface area contributed by atoms with Crippen LogP contribution in [0.4, 0.5) is 0 Å². The second-order valence-corrected chi connectivity index (χ2v) is 39.7. The van der Waals surface area contributed by atoms with E-state index in [2.05, 4.69) is 263 Å². The van der Waals surface area contributed by atoms with Crippen LogP contribution in [0.15, 0.2) is 97.1 Å². The highest BCUT2D eigenvalue weighted by molar-refractivity contribution is 5.62. The molecule has 1 heterocycles. The molecule has 6 N–H and O–H groups in total. The molecule has 0 aromatic heterocycles. The fraction of sp³-hybridized carbons (Fsp3) is 0.510. The molecular weight excluding hydrogens is 1370 g/mol. The van der Waals surface area contributed by atoms with Crippen molar-refractivity contribution in [2.24, 2.45) is 0 Å². The molecule has 10 rings (SSSR count). The van der Waals surface area contributed by atoms with Crippen LogP contribution in [0.3, 0.4) is 0 Å². The first-order valence-corrected chi connectivity index (χ1v) is 40.0. The van der Waals surface area contributed by atoms with Crippen molar-refractivity contribution in [1.82, 2.24) is 0 Å². The molecule has 0 fully saturated rings. The summed E-state index contributed by atoms with van der Waals surface area (Å²) in [5.74, 6) is 1.91. The van der Waals surface area contributed by atoms with Crippen molar-refractivity contribution >= 4 is 0 Å². The van der Waals surface area contributed by atoms with Gasteiger partial charge in [-0.15, -0.1) is 0 Å². The second-order valence-electron chi connectivity index (χ2n) is 39.7. The minimum absolute atomic E-state index is 0.0872.